The van der Waals surface area contributed by atoms with Gasteiger partial charge >= 0.3 is 0 Å². The number of rotatable bonds is 6. The minimum absolute atomic E-state index is 0.145. The SMILES string of the molecule is COc1ccc(C(C)NC(=O)c2ccccc2CN)cc1OC. The highest BCUT2D eigenvalue weighted by molar-refractivity contribution is 5.95. The predicted octanol–water partition coefficient (Wildman–Crippen LogP) is 2.65. The number of benzene rings is 2. The van der Waals surface area contributed by atoms with E-state index >= 15 is 0 Å². The standard InChI is InChI=1S/C18H22N2O3/c1-12(13-8-9-16(22-2)17(10-13)23-3)20-18(21)15-7-5-4-6-14(15)11-19/h4-10,12H,11,19H2,1-3H3,(H,20,21). The molecule has 2 aromatic rings. The first-order valence-corrected chi connectivity index (χ1v) is 7.41. The normalized spacial score (nSPS) is 11.7. The average molecular weight is 314 g/mol. The summed E-state index contributed by atoms with van der Waals surface area (Å²) in [6.45, 7) is 2.25. The number of ether oxygens (including phenoxy) is 2. The van der Waals surface area contributed by atoms with Crippen LogP contribution < -0.4 is 20.5 Å². The molecule has 0 aliphatic heterocycles. The van der Waals surface area contributed by atoms with Gasteiger partial charge in [-0.2, -0.15) is 0 Å². The van der Waals surface area contributed by atoms with Gasteiger partial charge in [0.05, 0.1) is 20.3 Å². The van der Waals surface area contributed by atoms with Crippen molar-refractivity contribution in [1.29, 1.82) is 0 Å². The first-order valence-electron chi connectivity index (χ1n) is 7.41. The van der Waals surface area contributed by atoms with Gasteiger partial charge in [0.15, 0.2) is 11.5 Å². The number of amides is 1. The van der Waals surface area contributed by atoms with Crippen molar-refractivity contribution in [1.82, 2.24) is 5.32 Å². The molecule has 0 aliphatic rings. The Morgan fingerprint density at radius 3 is 2.48 bits per heavy atom. The highest BCUT2D eigenvalue weighted by Crippen LogP contribution is 2.30. The molecule has 2 rings (SSSR count). The lowest BCUT2D eigenvalue weighted by atomic mass is 10.0. The maximum Gasteiger partial charge on any atom is 0.252 e. The molecule has 23 heavy (non-hydrogen) atoms. The van der Waals surface area contributed by atoms with E-state index < -0.39 is 0 Å². The molecular weight excluding hydrogens is 292 g/mol. The Morgan fingerprint density at radius 2 is 1.83 bits per heavy atom. The summed E-state index contributed by atoms with van der Waals surface area (Å²) in [4.78, 5) is 12.5. The molecule has 0 fully saturated rings. The van der Waals surface area contributed by atoms with E-state index in [4.69, 9.17) is 15.2 Å². The molecular formula is C18H22N2O3. The molecule has 5 heteroatoms. The van der Waals surface area contributed by atoms with Crippen LogP contribution in [-0.4, -0.2) is 20.1 Å². The van der Waals surface area contributed by atoms with Crippen LogP contribution in [0, 0.1) is 0 Å². The van der Waals surface area contributed by atoms with Gasteiger partial charge in [-0.3, -0.25) is 4.79 Å². The number of carbonyl (C=O) groups excluding carboxylic acids is 1. The Morgan fingerprint density at radius 1 is 1.13 bits per heavy atom. The second-order valence-electron chi connectivity index (χ2n) is 5.17. The monoisotopic (exact) mass is 314 g/mol. The number of methoxy groups -OCH3 is 2. The summed E-state index contributed by atoms with van der Waals surface area (Å²) in [6.07, 6.45) is 0. The second kappa shape index (κ2) is 7.65. The maximum absolute atomic E-state index is 12.5. The van der Waals surface area contributed by atoms with Crippen molar-refractivity contribution in [2.75, 3.05) is 14.2 Å². The lowest BCUT2D eigenvalue weighted by molar-refractivity contribution is 0.0939. The molecule has 0 heterocycles. The van der Waals surface area contributed by atoms with Crippen molar-refractivity contribution in [2.24, 2.45) is 5.73 Å². The van der Waals surface area contributed by atoms with E-state index in [1.54, 1.807) is 20.3 Å². The summed E-state index contributed by atoms with van der Waals surface area (Å²) in [6, 6.07) is 12.7. The van der Waals surface area contributed by atoms with E-state index in [2.05, 4.69) is 5.32 Å². The van der Waals surface area contributed by atoms with Crippen LogP contribution in [0.5, 0.6) is 11.5 Å². The highest BCUT2D eigenvalue weighted by Gasteiger charge is 2.15. The van der Waals surface area contributed by atoms with Gasteiger partial charge in [-0.25, -0.2) is 0 Å². The third-order valence-corrected chi connectivity index (χ3v) is 3.74. The van der Waals surface area contributed by atoms with Crippen LogP contribution in [0.1, 0.15) is 34.5 Å². The van der Waals surface area contributed by atoms with E-state index in [-0.39, 0.29) is 11.9 Å². The molecule has 0 radical (unpaired) electrons. The molecule has 0 bridgehead atoms. The Labute approximate surface area is 136 Å². The molecule has 0 aliphatic carbocycles. The van der Waals surface area contributed by atoms with Crippen molar-refractivity contribution < 1.29 is 14.3 Å². The van der Waals surface area contributed by atoms with Gasteiger partial charge in [-0.05, 0) is 36.2 Å². The zero-order valence-electron chi connectivity index (χ0n) is 13.6. The van der Waals surface area contributed by atoms with Crippen LogP contribution in [0.3, 0.4) is 0 Å². The van der Waals surface area contributed by atoms with Gasteiger partial charge in [0.1, 0.15) is 0 Å². The summed E-state index contributed by atoms with van der Waals surface area (Å²) in [5.74, 6) is 1.14. The average Bonchev–Trinajstić information content (AvgIpc) is 2.60. The van der Waals surface area contributed by atoms with E-state index in [0.717, 1.165) is 11.1 Å². The van der Waals surface area contributed by atoms with Crippen LogP contribution in [0.25, 0.3) is 0 Å². The van der Waals surface area contributed by atoms with Crippen LogP contribution >= 0.6 is 0 Å². The molecule has 1 unspecified atom stereocenters. The fraction of sp³-hybridized carbons (Fsp3) is 0.278. The number of carbonyl (C=O) groups is 1. The van der Waals surface area contributed by atoms with E-state index in [0.29, 0.717) is 23.6 Å². The number of nitrogens with two attached hydrogens (primary N) is 1. The van der Waals surface area contributed by atoms with Crippen molar-refractivity contribution in [3.05, 3.63) is 59.2 Å². The van der Waals surface area contributed by atoms with Gasteiger partial charge in [-0.15, -0.1) is 0 Å². The first kappa shape index (κ1) is 16.8. The Balaban J connectivity index is 2.18. The highest BCUT2D eigenvalue weighted by atomic mass is 16.5. The quantitative estimate of drug-likeness (QED) is 0.859. The van der Waals surface area contributed by atoms with Gasteiger partial charge in [0.25, 0.3) is 5.91 Å². The van der Waals surface area contributed by atoms with Crippen LogP contribution in [-0.2, 0) is 6.54 Å². The maximum atomic E-state index is 12.5. The molecule has 1 amide bonds. The third kappa shape index (κ3) is 3.81. The molecule has 122 valence electrons. The van der Waals surface area contributed by atoms with Crippen molar-refractivity contribution in [2.45, 2.75) is 19.5 Å². The molecule has 3 N–H and O–H groups in total. The van der Waals surface area contributed by atoms with Gasteiger partial charge in [0.2, 0.25) is 0 Å². The fourth-order valence-corrected chi connectivity index (χ4v) is 2.40. The van der Waals surface area contributed by atoms with E-state index in [1.807, 2.05) is 43.3 Å². The molecule has 0 saturated heterocycles. The lowest BCUT2D eigenvalue weighted by Gasteiger charge is -2.17. The Bertz CT molecular complexity index is 686. The van der Waals surface area contributed by atoms with Crippen LogP contribution in [0.15, 0.2) is 42.5 Å². The van der Waals surface area contributed by atoms with E-state index in [9.17, 15) is 4.79 Å². The number of nitrogens with one attached hydrogen (secondary N) is 1. The smallest absolute Gasteiger partial charge is 0.252 e. The third-order valence-electron chi connectivity index (χ3n) is 3.74. The summed E-state index contributed by atoms with van der Waals surface area (Å²) in [7, 11) is 3.18. The lowest BCUT2D eigenvalue weighted by Crippen LogP contribution is -2.28. The number of hydrogen-bond donors (Lipinski definition) is 2. The molecule has 1 atom stereocenters. The Kier molecular flexibility index (Phi) is 5.60. The summed E-state index contributed by atoms with van der Waals surface area (Å²) in [5.41, 5.74) is 8.04. The van der Waals surface area contributed by atoms with Gasteiger partial charge in [-0.1, -0.05) is 24.3 Å². The topological polar surface area (TPSA) is 73.6 Å². The summed E-state index contributed by atoms with van der Waals surface area (Å²) >= 11 is 0. The largest absolute Gasteiger partial charge is 0.493 e. The van der Waals surface area contributed by atoms with Crippen LogP contribution in [0.2, 0.25) is 0 Å². The van der Waals surface area contributed by atoms with Gasteiger partial charge in [0, 0.05) is 12.1 Å². The molecule has 0 saturated carbocycles. The number of hydrogen-bond acceptors (Lipinski definition) is 4. The van der Waals surface area contributed by atoms with Crippen molar-refractivity contribution in [3.8, 4) is 11.5 Å². The minimum atomic E-state index is -0.173. The minimum Gasteiger partial charge on any atom is -0.493 e. The summed E-state index contributed by atoms with van der Waals surface area (Å²) < 4.78 is 10.5. The Hall–Kier alpha value is -2.53. The molecule has 2 aromatic carbocycles. The zero-order chi connectivity index (χ0) is 16.8. The van der Waals surface area contributed by atoms with Crippen molar-refractivity contribution in [3.63, 3.8) is 0 Å². The van der Waals surface area contributed by atoms with E-state index in [1.165, 1.54) is 0 Å². The van der Waals surface area contributed by atoms with Crippen molar-refractivity contribution >= 4 is 5.91 Å². The van der Waals surface area contributed by atoms with Crippen LogP contribution in [0.4, 0.5) is 0 Å². The fourth-order valence-electron chi connectivity index (χ4n) is 2.40. The molecule has 0 spiro atoms. The predicted molar refractivity (Wildman–Crippen MR) is 89.8 cm³/mol. The zero-order valence-corrected chi connectivity index (χ0v) is 13.6. The molecule has 0 aromatic heterocycles. The first-order chi connectivity index (χ1) is 11.1. The van der Waals surface area contributed by atoms with Gasteiger partial charge < -0.3 is 20.5 Å². The summed E-state index contributed by atoms with van der Waals surface area (Å²) in [5, 5.41) is 2.99. The molecule has 5 nitrogen and oxygen atoms in total. The second-order valence-corrected chi connectivity index (χ2v) is 5.17.